The summed E-state index contributed by atoms with van der Waals surface area (Å²) in [5.41, 5.74) is 6.05. The number of aromatic amines is 1. The van der Waals surface area contributed by atoms with Gasteiger partial charge in [-0.05, 0) is 43.7 Å². The summed E-state index contributed by atoms with van der Waals surface area (Å²) in [5.74, 6) is 1.67. The van der Waals surface area contributed by atoms with Crippen LogP contribution < -0.4 is 0 Å². The molecule has 0 saturated heterocycles. The van der Waals surface area contributed by atoms with E-state index in [0.717, 1.165) is 45.3 Å². The van der Waals surface area contributed by atoms with Crippen LogP contribution in [0.1, 0.15) is 35.7 Å². The van der Waals surface area contributed by atoms with Gasteiger partial charge in [-0.15, -0.1) is 10.2 Å². The highest BCUT2D eigenvalue weighted by Crippen LogP contribution is 2.33. The molecule has 7 heteroatoms. The number of rotatable bonds is 2. The normalized spacial score (nSPS) is 15.5. The second-order valence-corrected chi connectivity index (χ2v) is 7.26. The summed E-state index contributed by atoms with van der Waals surface area (Å²) in [5, 5.41) is 16.3. The monoisotopic (exact) mass is 388 g/mol. The van der Waals surface area contributed by atoms with Crippen molar-refractivity contribution < 1.29 is 0 Å². The topological polar surface area (TPSA) is 71.8 Å². The van der Waals surface area contributed by atoms with E-state index >= 15 is 0 Å². The fourth-order valence-electron chi connectivity index (χ4n) is 3.61. The fourth-order valence-corrected chi connectivity index (χ4v) is 3.74. The van der Waals surface area contributed by atoms with Crippen LogP contribution in [0.15, 0.2) is 59.9 Å². The van der Waals surface area contributed by atoms with Gasteiger partial charge in [0.1, 0.15) is 11.9 Å². The van der Waals surface area contributed by atoms with Gasteiger partial charge in [0.2, 0.25) is 0 Å². The van der Waals surface area contributed by atoms with E-state index in [1.807, 2.05) is 50.5 Å². The summed E-state index contributed by atoms with van der Waals surface area (Å²) in [6, 6.07) is 14.0. The Hall–Kier alpha value is -3.25. The molecule has 1 aliphatic heterocycles. The number of H-pyrrole nitrogens is 1. The average Bonchev–Trinajstić information content (AvgIpc) is 3.34. The van der Waals surface area contributed by atoms with Crippen LogP contribution in [0.5, 0.6) is 0 Å². The maximum absolute atomic E-state index is 6.11. The number of hydrogen-bond donors (Lipinski definition) is 1. The first kappa shape index (κ1) is 16.9. The van der Waals surface area contributed by atoms with Gasteiger partial charge in [-0.2, -0.15) is 5.10 Å². The molecule has 0 amide bonds. The highest BCUT2D eigenvalue weighted by molar-refractivity contribution is 6.30. The van der Waals surface area contributed by atoms with Crippen molar-refractivity contribution in [1.82, 2.24) is 25.0 Å². The van der Waals surface area contributed by atoms with Gasteiger partial charge >= 0.3 is 0 Å². The molecule has 2 aromatic carbocycles. The van der Waals surface area contributed by atoms with Crippen LogP contribution in [0, 0.1) is 6.92 Å². The van der Waals surface area contributed by atoms with E-state index in [2.05, 4.69) is 43.2 Å². The number of nitrogens with zero attached hydrogens (tertiary/aromatic N) is 5. The Kier molecular flexibility index (Phi) is 3.87. The van der Waals surface area contributed by atoms with Crippen molar-refractivity contribution in [2.24, 2.45) is 4.99 Å². The molecule has 28 heavy (non-hydrogen) atoms. The predicted octanol–water partition coefficient (Wildman–Crippen LogP) is 4.53. The third kappa shape index (κ3) is 2.65. The van der Waals surface area contributed by atoms with Gasteiger partial charge in [0.05, 0.1) is 17.6 Å². The van der Waals surface area contributed by atoms with Crippen LogP contribution in [0.2, 0.25) is 5.02 Å². The Morgan fingerprint density at radius 2 is 1.79 bits per heavy atom. The van der Waals surface area contributed by atoms with Crippen LogP contribution in [0.25, 0.3) is 16.8 Å². The van der Waals surface area contributed by atoms with Gasteiger partial charge in [-0.25, -0.2) is 0 Å². The minimum atomic E-state index is -0.128. The summed E-state index contributed by atoms with van der Waals surface area (Å²) in [4.78, 5) is 5.02. The van der Waals surface area contributed by atoms with Gasteiger partial charge in [0.25, 0.3) is 0 Å². The zero-order valence-electron chi connectivity index (χ0n) is 15.4. The molecule has 138 valence electrons. The van der Waals surface area contributed by atoms with Gasteiger partial charge < -0.3 is 0 Å². The van der Waals surface area contributed by atoms with Crippen LogP contribution in [0.3, 0.4) is 0 Å². The smallest absolute Gasteiger partial charge is 0.162 e. The van der Waals surface area contributed by atoms with E-state index in [0.29, 0.717) is 5.02 Å². The van der Waals surface area contributed by atoms with E-state index in [-0.39, 0.29) is 6.04 Å². The van der Waals surface area contributed by atoms with E-state index < -0.39 is 0 Å². The summed E-state index contributed by atoms with van der Waals surface area (Å²) >= 11 is 6.11. The Morgan fingerprint density at radius 1 is 1.00 bits per heavy atom. The summed E-state index contributed by atoms with van der Waals surface area (Å²) in [7, 11) is 0. The van der Waals surface area contributed by atoms with Crippen molar-refractivity contribution >= 4 is 17.3 Å². The van der Waals surface area contributed by atoms with Crippen molar-refractivity contribution in [2.75, 3.05) is 0 Å². The van der Waals surface area contributed by atoms with Gasteiger partial charge in [0.15, 0.2) is 5.82 Å². The van der Waals surface area contributed by atoms with Crippen LogP contribution in [-0.2, 0) is 0 Å². The molecule has 5 rings (SSSR count). The molecule has 1 N–H and O–H groups in total. The van der Waals surface area contributed by atoms with Crippen molar-refractivity contribution in [1.29, 1.82) is 0 Å². The maximum Gasteiger partial charge on any atom is 0.162 e. The zero-order valence-corrected chi connectivity index (χ0v) is 16.1. The second-order valence-electron chi connectivity index (χ2n) is 6.82. The predicted molar refractivity (Wildman–Crippen MR) is 109 cm³/mol. The van der Waals surface area contributed by atoms with Gasteiger partial charge in [-0.1, -0.05) is 29.8 Å². The first-order valence-corrected chi connectivity index (χ1v) is 9.39. The lowest BCUT2D eigenvalue weighted by atomic mass is 9.96. The summed E-state index contributed by atoms with van der Waals surface area (Å²) in [6.45, 7) is 4.00. The molecule has 0 spiro atoms. The lowest BCUT2D eigenvalue weighted by Crippen LogP contribution is -2.08. The number of nitrogens with one attached hydrogen (secondary N) is 1. The number of aromatic nitrogens is 5. The minimum Gasteiger partial charge on any atom is -0.285 e. The van der Waals surface area contributed by atoms with Crippen molar-refractivity contribution in [3.05, 3.63) is 82.7 Å². The summed E-state index contributed by atoms with van der Waals surface area (Å²) in [6.07, 6.45) is 3.70. The number of fused-ring (bicyclic) bond motifs is 3. The zero-order chi connectivity index (χ0) is 19.3. The van der Waals surface area contributed by atoms with Crippen LogP contribution in [-0.4, -0.2) is 30.7 Å². The molecule has 0 radical (unpaired) electrons. The van der Waals surface area contributed by atoms with Crippen LogP contribution in [0.4, 0.5) is 0 Å². The fraction of sp³-hybridized carbons (Fsp3) is 0.143. The Morgan fingerprint density at radius 3 is 2.54 bits per heavy atom. The molecule has 1 atom stereocenters. The highest BCUT2D eigenvalue weighted by atomic mass is 35.5. The number of halogens is 1. The lowest BCUT2D eigenvalue weighted by molar-refractivity contribution is 0.721. The maximum atomic E-state index is 6.11. The summed E-state index contributed by atoms with van der Waals surface area (Å²) < 4.78 is 2.09. The molecule has 0 saturated carbocycles. The molecule has 0 fully saturated rings. The molecule has 3 heterocycles. The van der Waals surface area contributed by atoms with E-state index in [1.165, 1.54) is 0 Å². The molecule has 1 aliphatic rings. The van der Waals surface area contributed by atoms with E-state index in [9.17, 15) is 0 Å². The number of aliphatic imine (C=N–C) groups is 1. The van der Waals surface area contributed by atoms with E-state index in [1.54, 1.807) is 0 Å². The SMILES string of the molecule is Cc1nnc2n1-c1ccc(-c3cn[nH]c3)cc1C(c1ccc(Cl)cc1)=N[C@H]2C. The average molecular weight is 389 g/mol. The third-order valence-electron chi connectivity index (χ3n) is 4.99. The van der Waals surface area contributed by atoms with Crippen molar-refractivity contribution in [3.63, 3.8) is 0 Å². The van der Waals surface area contributed by atoms with Gasteiger partial charge in [-0.3, -0.25) is 14.7 Å². The van der Waals surface area contributed by atoms with Crippen molar-refractivity contribution in [3.8, 4) is 16.8 Å². The minimum absolute atomic E-state index is 0.128. The standard InChI is InChI=1S/C21H17ClN6/c1-12-21-27-26-13(2)28(21)19-8-5-15(16-10-23-24-11-16)9-18(19)20(25-12)14-3-6-17(22)7-4-14/h3-12H,1-2H3,(H,23,24)/t12-/m0/s1. The first-order chi connectivity index (χ1) is 13.6. The molecule has 0 bridgehead atoms. The van der Waals surface area contributed by atoms with E-state index in [4.69, 9.17) is 16.6 Å². The first-order valence-electron chi connectivity index (χ1n) is 9.01. The largest absolute Gasteiger partial charge is 0.285 e. The van der Waals surface area contributed by atoms with Crippen LogP contribution >= 0.6 is 11.6 Å². The molecular formula is C21H17ClN6. The molecule has 4 aromatic rings. The molecule has 0 unspecified atom stereocenters. The number of hydrogen-bond acceptors (Lipinski definition) is 4. The van der Waals surface area contributed by atoms with Gasteiger partial charge in [0, 0.05) is 27.9 Å². The highest BCUT2D eigenvalue weighted by Gasteiger charge is 2.26. The number of benzene rings is 2. The Bertz CT molecular complexity index is 1190. The molecule has 6 nitrogen and oxygen atoms in total. The molecular weight excluding hydrogens is 372 g/mol. The van der Waals surface area contributed by atoms with Crippen molar-refractivity contribution in [2.45, 2.75) is 19.9 Å². The molecule has 0 aliphatic carbocycles. The third-order valence-corrected chi connectivity index (χ3v) is 5.24. The lowest BCUT2D eigenvalue weighted by Gasteiger charge is -2.14. The Labute approximate surface area is 166 Å². The second kappa shape index (κ2) is 6.42. The Balaban J connectivity index is 1.80. The quantitative estimate of drug-likeness (QED) is 0.548. The molecule has 2 aromatic heterocycles. The number of aryl methyl sites for hydroxylation is 1.